The molecule has 3 aliphatic rings. The number of aliphatic imine (C=N–C) groups is 1. The molecule has 31 heavy (non-hydrogen) atoms. The Morgan fingerprint density at radius 2 is 1.84 bits per heavy atom. The zero-order valence-electron chi connectivity index (χ0n) is 16.4. The maximum absolute atomic E-state index is 14.3. The summed E-state index contributed by atoms with van der Waals surface area (Å²) in [5.41, 5.74) is 0.314. The fourth-order valence-electron chi connectivity index (χ4n) is 4.78. The average molecular weight is 421 g/mol. The van der Waals surface area contributed by atoms with Crippen molar-refractivity contribution in [3.8, 4) is 0 Å². The van der Waals surface area contributed by atoms with Crippen LogP contribution in [-0.4, -0.2) is 32.4 Å². The number of nitrogens with zero attached hydrogens (tertiary/aromatic N) is 3. The van der Waals surface area contributed by atoms with Crippen molar-refractivity contribution < 1.29 is 13.6 Å². The Morgan fingerprint density at radius 1 is 1.10 bits per heavy atom. The smallest absolute Gasteiger partial charge is 0.272 e. The van der Waals surface area contributed by atoms with Gasteiger partial charge in [0.2, 0.25) is 0 Å². The van der Waals surface area contributed by atoms with Gasteiger partial charge in [0.05, 0.1) is 17.1 Å². The topological polar surface area (TPSA) is 90.5 Å². The number of amides is 1. The predicted molar refractivity (Wildman–Crippen MR) is 110 cm³/mol. The molecule has 0 saturated heterocycles. The van der Waals surface area contributed by atoms with Gasteiger partial charge in [0, 0.05) is 11.1 Å². The van der Waals surface area contributed by atoms with Gasteiger partial charge in [-0.2, -0.15) is 5.10 Å². The molecule has 0 radical (unpaired) electrons. The van der Waals surface area contributed by atoms with Crippen LogP contribution in [0.3, 0.4) is 0 Å². The second-order valence-electron chi connectivity index (χ2n) is 8.30. The van der Waals surface area contributed by atoms with Crippen molar-refractivity contribution in [3.63, 3.8) is 0 Å². The third-order valence-corrected chi connectivity index (χ3v) is 6.36. The number of anilines is 1. The minimum Gasteiger partial charge on any atom is -0.375 e. The highest BCUT2D eigenvalue weighted by molar-refractivity contribution is 6.10. The van der Waals surface area contributed by atoms with E-state index in [0.29, 0.717) is 41.0 Å². The van der Waals surface area contributed by atoms with Crippen LogP contribution in [0.2, 0.25) is 0 Å². The Hall–Kier alpha value is -3.62. The molecule has 9 heteroatoms. The summed E-state index contributed by atoms with van der Waals surface area (Å²) in [6.45, 7) is 1.77. The van der Waals surface area contributed by atoms with E-state index in [0.717, 1.165) is 6.07 Å². The Bertz CT molecular complexity index is 1360. The van der Waals surface area contributed by atoms with Crippen LogP contribution in [0.15, 0.2) is 46.2 Å². The van der Waals surface area contributed by atoms with Crippen molar-refractivity contribution in [2.45, 2.75) is 37.4 Å². The van der Waals surface area contributed by atoms with Gasteiger partial charge in [-0.05, 0) is 49.6 Å². The summed E-state index contributed by atoms with van der Waals surface area (Å²) >= 11 is 0. The van der Waals surface area contributed by atoms with Gasteiger partial charge in [-0.15, -0.1) is 0 Å². The van der Waals surface area contributed by atoms with Gasteiger partial charge in [-0.1, -0.05) is 12.1 Å². The molecule has 1 amide bonds. The Balaban J connectivity index is 1.61. The first-order valence-electron chi connectivity index (χ1n) is 10.0. The summed E-state index contributed by atoms with van der Waals surface area (Å²) < 4.78 is 27.9. The molecule has 1 fully saturated rings. The van der Waals surface area contributed by atoms with E-state index in [1.165, 1.54) is 18.2 Å². The number of benzene rings is 2. The molecule has 2 atom stereocenters. The largest absolute Gasteiger partial charge is 0.375 e. The molecule has 1 spiro atoms. The van der Waals surface area contributed by atoms with Crippen molar-refractivity contribution >= 4 is 28.2 Å². The predicted octanol–water partition coefficient (Wildman–Crippen LogP) is 3.20. The normalized spacial score (nSPS) is 23.3. The summed E-state index contributed by atoms with van der Waals surface area (Å²) in [6.07, 6.45) is 1.38. The van der Waals surface area contributed by atoms with Crippen molar-refractivity contribution in [1.82, 2.24) is 15.1 Å². The molecule has 3 heterocycles. The molecule has 156 valence electrons. The lowest BCUT2D eigenvalue weighted by Gasteiger charge is -2.39. The second kappa shape index (κ2) is 5.96. The van der Waals surface area contributed by atoms with E-state index in [9.17, 15) is 18.4 Å². The van der Waals surface area contributed by atoms with Crippen molar-refractivity contribution in [1.29, 1.82) is 0 Å². The van der Waals surface area contributed by atoms with Crippen LogP contribution < -0.4 is 10.9 Å². The summed E-state index contributed by atoms with van der Waals surface area (Å²) in [7, 11) is 0. The number of aromatic amines is 1. The number of aromatic nitrogens is 2. The molecular formula is C22H17F2N5O2. The molecule has 2 aliphatic heterocycles. The first-order valence-corrected chi connectivity index (χ1v) is 10.0. The lowest BCUT2D eigenvalue weighted by molar-refractivity contribution is -0.130. The van der Waals surface area contributed by atoms with Crippen molar-refractivity contribution in [3.05, 3.63) is 69.6 Å². The first kappa shape index (κ1) is 18.2. The number of nitrogens with one attached hydrogen (secondary N) is 2. The van der Waals surface area contributed by atoms with Crippen LogP contribution in [0, 0.1) is 11.6 Å². The van der Waals surface area contributed by atoms with Gasteiger partial charge in [-0.3, -0.25) is 19.5 Å². The third-order valence-electron chi connectivity index (χ3n) is 6.36. The van der Waals surface area contributed by atoms with E-state index in [2.05, 4.69) is 20.5 Å². The highest BCUT2D eigenvalue weighted by Crippen LogP contribution is 2.51. The second-order valence-corrected chi connectivity index (χ2v) is 8.30. The number of hydrogen-bond donors (Lipinski definition) is 2. The van der Waals surface area contributed by atoms with Crippen LogP contribution in [0.5, 0.6) is 0 Å². The Morgan fingerprint density at radius 3 is 2.52 bits per heavy atom. The number of carbonyl (C=O) groups is 1. The van der Waals surface area contributed by atoms with E-state index in [-0.39, 0.29) is 17.1 Å². The van der Waals surface area contributed by atoms with E-state index in [1.807, 2.05) is 0 Å². The van der Waals surface area contributed by atoms with Gasteiger partial charge in [-0.25, -0.2) is 13.9 Å². The first-order chi connectivity index (χ1) is 14.9. The zero-order chi connectivity index (χ0) is 21.5. The maximum Gasteiger partial charge on any atom is 0.272 e. The van der Waals surface area contributed by atoms with E-state index in [4.69, 9.17) is 0 Å². The van der Waals surface area contributed by atoms with Crippen molar-refractivity contribution in [2.75, 3.05) is 5.32 Å². The maximum atomic E-state index is 14.3. The molecule has 1 aliphatic carbocycles. The lowest BCUT2D eigenvalue weighted by Crippen LogP contribution is -2.44. The summed E-state index contributed by atoms with van der Waals surface area (Å²) in [5, 5.41) is 10.6. The monoisotopic (exact) mass is 421 g/mol. The van der Waals surface area contributed by atoms with Crippen LogP contribution in [0.4, 0.5) is 14.5 Å². The number of carbonyl (C=O) groups excluding carboxylic acids is 1. The highest BCUT2D eigenvalue weighted by atomic mass is 19.1. The summed E-state index contributed by atoms with van der Waals surface area (Å²) in [4.78, 5) is 31.9. The van der Waals surface area contributed by atoms with Crippen LogP contribution in [0.1, 0.15) is 43.1 Å². The SMILES string of the molecule is CC1=NC2(CC2)C(=O)N1[C@@H]1c2n[nH]c(=O)c3cc(F)cc(c23)N[C@H]1c1ccc(F)cc1. The molecule has 0 bridgehead atoms. The molecule has 1 saturated carbocycles. The van der Waals surface area contributed by atoms with E-state index < -0.39 is 29.0 Å². The molecule has 0 unspecified atom stereocenters. The van der Waals surface area contributed by atoms with E-state index in [1.54, 1.807) is 24.0 Å². The minimum atomic E-state index is -0.707. The minimum absolute atomic E-state index is 0.115. The van der Waals surface area contributed by atoms with Crippen LogP contribution in [-0.2, 0) is 4.79 Å². The fourth-order valence-corrected chi connectivity index (χ4v) is 4.78. The molecule has 7 nitrogen and oxygen atoms in total. The molecule has 1 aromatic heterocycles. The van der Waals surface area contributed by atoms with Crippen LogP contribution >= 0.6 is 0 Å². The van der Waals surface area contributed by atoms with Gasteiger partial charge < -0.3 is 5.32 Å². The number of H-pyrrole nitrogens is 1. The third kappa shape index (κ3) is 2.49. The molecule has 6 rings (SSSR count). The lowest BCUT2D eigenvalue weighted by atomic mass is 9.88. The molecular weight excluding hydrogens is 404 g/mol. The van der Waals surface area contributed by atoms with Crippen molar-refractivity contribution in [2.24, 2.45) is 4.99 Å². The molecule has 2 aromatic carbocycles. The number of halogens is 2. The van der Waals surface area contributed by atoms with Gasteiger partial charge in [0.15, 0.2) is 0 Å². The standard InChI is InChI=1S/C22H17F2N5O2/c1-10-26-22(6-7-22)21(31)29(10)19-17(11-2-4-12(23)5-3-11)25-15-9-13(24)8-14-16(15)18(19)27-28-20(14)30/h2-5,8-9,17,19,25H,6-7H2,1H3,(H,28,30)/t17-,19-/m0/s1. The number of hydrogen-bond acceptors (Lipinski definition) is 5. The van der Waals surface area contributed by atoms with Gasteiger partial charge in [0.1, 0.15) is 29.1 Å². The van der Waals surface area contributed by atoms with Gasteiger partial charge >= 0.3 is 0 Å². The average Bonchev–Trinajstić information content (AvgIpc) is 3.47. The number of amidine groups is 1. The molecule has 3 aromatic rings. The quantitative estimate of drug-likeness (QED) is 0.665. The summed E-state index contributed by atoms with van der Waals surface area (Å²) in [6, 6.07) is 7.16. The number of rotatable bonds is 2. The zero-order valence-corrected chi connectivity index (χ0v) is 16.4. The Labute approximate surface area is 174 Å². The fraction of sp³-hybridized carbons (Fsp3) is 0.273. The Kier molecular flexibility index (Phi) is 3.50. The molecule has 2 N–H and O–H groups in total. The van der Waals surface area contributed by atoms with E-state index >= 15 is 0 Å². The highest BCUT2D eigenvalue weighted by Gasteiger charge is 2.59. The van der Waals surface area contributed by atoms with Gasteiger partial charge in [0.25, 0.3) is 11.5 Å². The summed E-state index contributed by atoms with van der Waals surface area (Å²) in [5.74, 6) is -0.510. The van der Waals surface area contributed by atoms with Crippen LogP contribution in [0.25, 0.3) is 10.8 Å².